The number of benzene rings is 2. The Labute approximate surface area is 182 Å². The smallest absolute Gasteiger partial charge is 0.260 e. The maximum absolute atomic E-state index is 12.5. The lowest BCUT2D eigenvalue weighted by atomic mass is 10.1. The van der Waals surface area contributed by atoms with Crippen molar-refractivity contribution in [3.8, 4) is 23.0 Å². The van der Waals surface area contributed by atoms with Gasteiger partial charge in [-0.2, -0.15) is 0 Å². The lowest BCUT2D eigenvalue weighted by molar-refractivity contribution is -0.135. The molecule has 0 N–H and O–H groups in total. The SMILES string of the molecule is COc1cc(OC)c(OC)cc1CN1CCN(C(=O)COc2ccc(Cl)cc2)CC1. The summed E-state index contributed by atoms with van der Waals surface area (Å²) in [5.74, 6) is 2.67. The maximum atomic E-state index is 12.5. The Balaban J connectivity index is 1.53. The minimum atomic E-state index is -0.0201. The van der Waals surface area contributed by atoms with Crippen LogP contribution in [0.15, 0.2) is 36.4 Å². The monoisotopic (exact) mass is 434 g/mol. The molecule has 2 aromatic carbocycles. The molecule has 30 heavy (non-hydrogen) atoms. The molecular weight excluding hydrogens is 408 g/mol. The highest BCUT2D eigenvalue weighted by Crippen LogP contribution is 2.35. The molecule has 0 aromatic heterocycles. The van der Waals surface area contributed by atoms with E-state index in [9.17, 15) is 4.79 Å². The van der Waals surface area contributed by atoms with Gasteiger partial charge in [-0.3, -0.25) is 9.69 Å². The molecule has 7 nitrogen and oxygen atoms in total. The van der Waals surface area contributed by atoms with E-state index in [4.69, 9.17) is 30.5 Å². The topological polar surface area (TPSA) is 60.5 Å². The van der Waals surface area contributed by atoms with Crippen molar-refractivity contribution in [1.82, 2.24) is 9.80 Å². The Bertz CT molecular complexity index is 851. The van der Waals surface area contributed by atoms with Crippen LogP contribution in [-0.2, 0) is 11.3 Å². The number of nitrogens with zero attached hydrogens (tertiary/aromatic N) is 2. The first kappa shape index (κ1) is 22.1. The molecule has 0 spiro atoms. The summed E-state index contributed by atoms with van der Waals surface area (Å²) in [6.45, 7) is 3.56. The Morgan fingerprint density at radius 2 is 1.50 bits per heavy atom. The van der Waals surface area contributed by atoms with Gasteiger partial charge in [0.15, 0.2) is 18.1 Å². The Hall–Kier alpha value is -2.64. The zero-order chi connectivity index (χ0) is 21.5. The van der Waals surface area contributed by atoms with Gasteiger partial charge < -0.3 is 23.8 Å². The molecule has 0 bridgehead atoms. The number of carbonyl (C=O) groups is 1. The molecular formula is C22H27ClN2O5. The second kappa shape index (κ2) is 10.4. The van der Waals surface area contributed by atoms with Gasteiger partial charge in [-0.05, 0) is 30.3 Å². The van der Waals surface area contributed by atoms with E-state index in [-0.39, 0.29) is 12.5 Å². The predicted octanol–water partition coefficient (Wildman–Crippen LogP) is 3.09. The van der Waals surface area contributed by atoms with Crippen LogP contribution >= 0.6 is 11.6 Å². The van der Waals surface area contributed by atoms with Crippen LogP contribution in [0.5, 0.6) is 23.0 Å². The predicted molar refractivity (Wildman–Crippen MR) is 115 cm³/mol. The van der Waals surface area contributed by atoms with Gasteiger partial charge in [-0.25, -0.2) is 0 Å². The number of amides is 1. The normalized spacial score (nSPS) is 14.3. The average Bonchev–Trinajstić information content (AvgIpc) is 2.78. The third-order valence-corrected chi connectivity index (χ3v) is 5.33. The standard InChI is InChI=1S/C22H27ClN2O5/c1-27-19-13-21(29-3)20(28-2)12-16(19)14-24-8-10-25(11-9-24)22(26)15-30-18-6-4-17(23)5-7-18/h4-7,12-13H,8-11,14-15H2,1-3H3. The van der Waals surface area contributed by atoms with E-state index < -0.39 is 0 Å². The number of hydrogen-bond acceptors (Lipinski definition) is 6. The summed E-state index contributed by atoms with van der Waals surface area (Å²) in [7, 11) is 4.86. The van der Waals surface area contributed by atoms with Crippen molar-refractivity contribution in [3.63, 3.8) is 0 Å². The number of halogens is 1. The lowest BCUT2D eigenvalue weighted by Crippen LogP contribution is -2.49. The first-order chi connectivity index (χ1) is 14.5. The van der Waals surface area contributed by atoms with Gasteiger partial charge in [0.2, 0.25) is 0 Å². The molecule has 1 amide bonds. The van der Waals surface area contributed by atoms with Crippen LogP contribution in [-0.4, -0.2) is 69.8 Å². The van der Waals surface area contributed by atoms with E-state index in [1.807, 2.05) is 17.0 Å². The molecule has 1 aliphatic heterocycles. The molecule has 0 radical (unpaired) electrons. The summed E-state index contributed by atoms with van der Waals surface area (Å²) < 4.78 is 21.8. The van der Waals surface area contributed by atoms with Gasteiger partial charge >= 0.3 is 0 Å². The number of methoxy groups -OCH3 is 3. The van der Waals surface area contributed by atoms with E-state index in [1.54, 1.807) is 45.6 Å². The van der Waals surface area contributed by atoms with Crippen LogP contribution in [0.4, 0.5) is 0 Å². The van der Waals surface area contributed by atoms with Crippen LogP contribution < -0.4 is 18.9 Å². The molecule has 0 unspecified atom stereocenters. The number of rotatable bonds is 8. The highest BCUT2D eigenvalue weighted by molar-refractivity contribution is 6.30. The Morgan fingerprint density at radius 1 is 0.900 bits per heavy atom. The largest absolute Gasteiger partial charge is 0.496 e. The Kier molecular flexibility index (Phi) is 7.65. The van der Waals surface area contributed by atoms with Crippen LogP contribution in [0, 0.1) is 0 Å². The highest BCUT2D eigenvalue weighted by Gasteiger charge is 2.23. The van der Waals surface area contributed by atoms with Crippen molar-refractivity contribution in [2.45, 2.75) is 6.54 Å². The Morgan fingerprint density at radius 3 is 2.10 bits per heavy atom. The molecule has 8 heteroatoms. The van der Waals surface area contributed by atoms with Gasteiger partial charge in [0, 0.05) is 49.4 Å². The van der Waals surface area contributed by atoms with Crippen molar-refractivity contribution < 1.29 is 23.7 Å². The zero-order valence-corrected chi connectivity index (χ0v) is 18.3. The third kappa shape index (κ3) is 5.49. The third-order valence-electron chi connectivity index (χ3n) is 5.08. The first-order valence-electron chi connectivity index (χ1n) is 9.71. The van der Waals surface area contributed by atoms with Crippen molar-refractivity contribution in [3.05, 3.63) is 47.0 Å². The van der Waals surface area contributed by atoms with Gasteiger partial charge in [0.1, 0.15) is 11.5 Å². The minimum Gasteiger partial charge on any atom is -0.496 e. The second-order valence-corrected chi connectivity index (χ2v) is 7.36. The van der Waals surface area contributed by atoms with Crippen LogP contribution in [0.25, 0.3) is 0 Å². The van der Waals surface area contributed by atoms with Crippen LogP contribution in [0.1, 0.15) is 5.56 Å². The molecule has 2 aromatic rings. The van der Waals surface area contributed by atoms with E-state index in [0.717, 1.165) is 24.4 Å². The molecule has 0 atom stereocenters. The second-order valence-electron chi connectivity index (χ2n) is 6.92. The van der Waals surface area contributed by atoms with E-state index in [0.29, 0.717) is 41.9 Å². The van der Waals surface area contributed by atoms with E-state index in [2.05, 4.69) is 4.90 Å². The summed E-state index contributed by atoms with van der Waals surface area (Å²) in [4.78, 5) is 16.6. The minimum absolute atomic E-state index is 0.0190. The fourth-order valence-corrected chi connectivity index (χ4v) is 3.51. The van der Waals surface area contributed by atoms with Crippen molar-refractivity contribution in [2.24, 2.45) is 0 Å². The van der Waals surface area contributed by atoms with Crippen molar-refractivity contribution in [2.75, 3.05) is 54.1 Å². The molecule has 162 valence electrons. The van der Waals surface area contributed by atoms with Gasteiger partial charge in [-0.15, -0.1) is 0 Å². The number of piperazine rings is 1. The maximum Gasteiger partial charge on any atom is 0.260 e. The van der Waals surface area contributed by atoms with Crippen LogP contribution in [0.2, 0.25) is 5.02 Å². The van der Waals surface area contributed by atoms with Gasteiger partial charge in [-0.1, -0.05) is 11.6 Å². The van der Waals surface area contributed by atoms with E-state index >= 15 is 0 Å². The number of hydrogen-bond donors (Lipinski definition) is 0. The molecule has 0 aliphatic carbocycles. The molecule has 3 rings (SSSR count). The first-order valence-corrected chi connectivity index (χ1v) is 10.1. The summed E-state index contributed by atoms with van der Waals surface area (Å²) in [5, 5.41) is 0.635. The average molecular weight is 435 g/mol. The van der Waals surface area contributed by atoms with Crippen molar-refractivity contribution in [1.29, 1.82) is 0 Å². The molecule has 0 saturated carbocycles. The van der Waals surface area contributed by atoms with Gasteiger partial charge in [0.25, 0.3) is 5.91 Å². The van der Waals surface area contributed by atoms with Crippen LogP contribution in [0.3, 0.4) is 0 Å². The summed E-state index contributed by atoms with van der Waals surface area (Å²) in [6, 6.07) is 10.8. The zero-order valence-electron chi connectivity index (χ0n) is 17.5. The molecule has 1 heterocycles. The molecule has 1 aliphatic rings. The van der Waals surface area contributed by atoms with E-state index in [1.165, 1.54) is 0 Å². The summed E-state index contributed by atoms with van der Waals surface area (Å²) in [5.41, 5.74) is 1.01. The number of ether oxygens (including phenoxy) is 4. The van der Waals surface area contributed by atoms with Gasteiger partial charge in [0.05, 0.1) is 21.3 Å². The summed E-state index contributed by atoms with van der Waals surface area (Å²) >= 11 is 5.86. The van der Waals surface area contributed by atoms with Crippen molar-refractivity contribution >= 4 is 17.5 Å². The summed E-state index contributed by atoms with van der Waals surface area (Å²) in [6.07, 6.45) is 0. The number of carbonyl (C=O) groups excluding carboxylic acids is 1. The molecule has 1 saturated heterocycles. The quantitative estimate of drug-likeness (QED) is 0.636. The molecule has 1 fully saturated rings. The fourth-order valence-electron chi connectivity index (χ4n) is 3.38. The fraction of sp³-hybridized carbons (Fsp3) is 0.409. The lowest BCUT2D eigenvalue weighted by Gasteiger charge is -2.35. The highest BCUT2D eigenvalue weighted by atomic mass is 35.5.